The van der Waals surface area contributed by atoms with E-state index in [-0.39, 0.29) is 43.7 Å². The third-order valence-electron chi connectivity index (χ3n) is 5.36. The maximum atomic E-state index is 12.2. The number of benzene rings is 2. The quantitative estimate of drug-likeness (QED) is 0.571. The predicted octanol–water partition coefficient (Wildman–Crippen LogP) is 3.53. The molecular weight excluding hydrogens is 396 g/mol. The summed E-state index contributed by atoms with van der Waals surface area (Å²) in [5.74, 6) is -1.32. The Morgan fingerprint density at radius 2 is 1.55 bits per heavy atom. The van der Waals surface area contributed by atoms with Crippen LogP contribution in [-0.4, -0.2) is 42.3 Å². The first kappa shape index (κ1) is 22.3. The zero-order valence-corrected chi connectivity index (χ0v) is 17.8. The van der Waals surface area contributed by atoms with E-state index in [2.05, 4.69) is 34.9 Å². The van der Waals surface area contributed by atoms with Gasteiger partial charge in [0.05, 0.1) is 6.42 Å². The fourth-order valence-corrected chi connectivity index (χ4v) is 3.94. The molecule has 0 aliphatic heterocycles. The molecule has 0 spiro atoms. The third kappa shape index (κ3) is 5.84. The van der Waals surface area contributed by atoms with Crippen LogP contribution in [0.4, 0.5) is 4.79 Å². The van der Waals surface area contributed by atoms with Gasteiger partial charge in [-0.2, -0.15) is 0 Å². The average molecular weight is 424 g/mol. The molecule has 2 atom stereocenters. The molecule has 164 valence electrons. The summed E-state index contributed by atoms with van der Waals surface area (Å²) >= 11 is 0. The number of alkyl carbamates (subject to hydrolysis) is 1. The van der Waals surface area contributed by atoms with E-state index in [1.807, 2.05) is 31.2 Å². The van der Waals surface area contributed by atoms with Crippen molar-refractivity contribution < 1.29 is 24.2 Å². The number of nitrogens with one attached hydrogen (secondary N) is 2. The maximum absolute atomic E-state index is 12.2. The summed E-state index contributed by atoms with van der Waals surface area (Å²) in [5.41, 5.74) is 4.64. The summed E-state index contributed by atoms with van der Waals surface area (Å²) in [5, 5.41) is 14.1. The lowest BCUT2D eigenvalue weighted by Crippen LogP contribution is -2.37. The number of hydrogen-bond acceptors (Lipinski definition) is 4. The summed E-state index contributed by atoms with van der Waals surface area (Å²) in [7, 11) is 0. The number of aliphatic carboxylic acids is 1. The number of amides is 2. The minimum absolute atomic E-state index is 0.00271. The summed E-state index contributed by atoms with van der Waals surface area (Å²) < 4.78 is 5.49. The maximum Gasteiger partial charge on any atom is 0.407 e. The molecule has 2 aromatic carbocycles. The average Bonchev–Trinajstić information content (AvgIpc) is 3.04. The number of carbonyl (C=O) groups excluding carboxylic acids is 2. The number of ether oxygens (including phenoxy) is 1. The first-order valence-corrected chi connectivity index (χ1v) is 10.4. The molecule has 2 aromatic rings. The van der Waals surface area contributed by atoms with Gasteiger partial charge in [-0.25, -0.2) is 4.79 Å². The van der Waals surface area contributed by atoms with Gasteiger partial charge in [0.1, 0.15) is 6.61 Å². The number of hydrogen-bond donors (Lipinski definition) is 3. The van der Waals surface area contributed by atoms with Gasteiger partial charge in [-0.05, 0) is 35.1 Å². The zero-order chi connectivity index (χ0) is 22.4. The Kier molecular flexibility index (Phi) is 7.28. The molecule has 7 heteroatoms. The van der Waals surface area contributed by atoms with Crippen LogP contribution in [0.15, 0.2) is 48.5 Å². The van der Waals surface area contributed by atoms with Crippen LogP contribution in [0.5, 0.6) is 0 Å². The molecule has 0 bridgehead atoms. The molecule has 0 fully saturated rings. The van der Waals surface area contributed by atoms with Crippen LogP contribution in [0, 0.1) is 5.92 Å². The normalized spacial score (nSPS) is 14.1. The first-order chi connectivity index (χ1) is 14.8. The molecule has 3 N–H and O–H groups in total. The molecular formula is C24H28N2O5. The van der Waals surface area contributed by atoms with Gasteiger partial charge in [0.25, 0.3) is 0 Å². The van der Waals surface area contributed by atoms with Gasteiger partial charge in [-0.15, -0.1) is 0 Å². The van der Waals surface area contributed by atoms with E-state index in [1.165, 1.54) is 11.1 Å². The molecule has 7 nitrogen and oxygen atoms in total. The summed E-state index contributed by atoms with van der Waals surface area (Å²) in [6, 6.07) is 15.8. The van der Waals surface area contributed by atoms with Gasteiger partial charge < -0.3 is 20.5 Å². The Morgan fingerprint density at radius 3 is 2.13 bits per heavy atom. The fraction of sp³-hybridized carbons (Fsp3) is 0.375. The number of rotatable bonds is 9. The number of carbonyl (C=O) groups is 3. The van der Waals surface area contributed by atoms with E-state index in [9.17, 15) is 14.4 Å². The van der Waals surface area contributed by atoms with Crippen molar-refractivity contribution in [2.45, 2.75) is 38.6 Å². The molecule has 31 heavy (non-hydrogen) atoms. The van der Waals surface area contributed by atoms with Crippen molar-refractivity contribution in [2.75, 3.05) is 13.2 Å². The van der Waals surface area contributed by atoms with E-state index < -0.39 is 18.1 Å². The van der Waals surface area contributed by atoms with Crippen molar-refractivity contribution in [2.24, 2.45) is 5.92 Å². The summed E-state index contributed by atoms with van der Waals surface area (Å²) in [6.07, 6.45) is -0.459. The molecule has 0 saturated carbocycles. The second-order valence-electron chi connectivity index (χ2n) is 8.08. The lowest BCUT2D eigenvalue weighted by Gasteiger charge is -2.17. The van der Waals surface area contributed by atoms with Gasteiger partial charge in [0.15, 0.2) is 0 Å². The molecule has 1 aliphatic carbocycles. The van der Waals surface area contributed by atoms with Crippen LogP contribution in [-0.2, 0) is 14.3 Å². The van der Waals surface area contributed by atoms with Crippen LogP contribution >= 0.6 is 0 Å². The van der Waals surface area contributed by atoms with Crippen LogP contribution in [0.1, 0.15) is 43.7 Å². The molecule has 0 radical (unpaired) electrons. The lowest BCUT2D eigenvalue weighted by molar-refractivity contribution is -0.137. The highest BCUT2D eigenvalue weighted by Gasteiger charge is 2.29. The van der Waals surface area contributed by atoms with E-state index in [0.29, 0.717) is 0 Å². The van der Waals surface area contributed by atoms with E-state index in [1.54, 1.807) is 6.92 Å². The second kappa shape index (κ2) is 10.1. The smallest absolute Gasteiger partial charge is 0.407 e. The van der Waals surface area contributed by atoms with Gasteiger partial charge in [0, 0.05) is 24.9 Å². The first-order valence-electron chi connectivity index (χ1n) is 10.4. The standard InChI is InChI=1S/C24H28N2O5/c1-15(11-22(27)26-16(2)12-23(28)29)13-25-24(30)31-14-21-19-9-5-3-7-17(19)18-8-4-6-10-20(18)21/h3-10,15-16,21H,11-14H2,1-2H3,(H,25,30)(H,26,27)(H,28,29)/t15?,16-/m0/s1. The highest BCUT2D eigenvalue weighted by Crippen LogP contribution is 2.44. The molecule has 0 saturated heterocycles. The highest BCUT2D eigenvalue weighted by molar-refractivity contribution is 5.79. The molecule has 0 heterocycles. The predicted molar refractivity (Wildman–Crippen MR) is 117 cm³/mol. The van der Waals surface area contributed by atoms with E-state index in [0.717, 1.165) is 11.1 Å². The van der Waals surface area contributed by atoms with Crippen molar-refractivity contribution in [1.29, 1.82) is 0 Å². The monoisotopic (exact) mass is 424 g/mol. The molecule has 2 amide bonds. The Bertz CT molecular complexity index is 913. The topological polar surface area (TPSA) is 105 Å². The van der Waals surface area contributed by atoms with Gasteiger partial charge in [0.2, 0.25) is 5.91 Å². The Hall–Kier alpha value is -3.35. The zero-order valence-electron chi connectivity index (χ0n) is 17.8. The molecule has 0 aromatic heterocycles. The number of carboxylic acid groups (broad SMARTS) is 1. The number of fused-ring (bicyclic) bond motifs is 3. The minimum atomic E-state index is -0.960. The van der Waals surface area contributed by atoms with Crippen molar-refractivity contribution in [3.8, 4) is 11.1 Å². The minimum Gasteiger partial charge on any atom is -0.481 e. The Labute approximate surface area is 181 Å². The van der Waals surface area contributed by atoms with Crippen LogP contribution < -0.4 is 10.6 Å². The van der Waals surface area contributed by atoms with Crippen LogP contribution in [0.3, 0.4) is 0 Å². The summed E-state index contributed by atoms with van der Waals surface area (Å²) in [4.78, 5) is 34.9. The van der Waals surface area contributed by atoms with Gasteiger partial charge in [-0.3, -0.25) is 9.59 Å². The second-order valence-corrected chi connectivity index (χ2v) is 8.08. The van der Waals surface area contributed by atoms with Crippen molar-refractivity contribution >= 4 is 18.0 Å². The van der Waals surface area contributed by atoms with Crippen LogP contribution in [0.25, 0.3) is 11.1 Å². The van der Waals surface area contributed by atoms with Crippen LogP contribution in [0.2, 0.25) is 0 Å². The van der Waals surface area contributed by atoms with Gasteiger partial charge >= 0.3 is 12.1 Å². The number of carboxylic acids is 1. The van der Waals surface area contributed by atoms with Crippen molar-refractivity contribution in [1.82, 2.24) is 10.6 Å². The van der Waals surface area contributed by atoms with Gasteiger partial charge in [-0.1, -0.05) is 55.5 Å². The third-order valence-corrected chi connectivity index (χ3v) is 5.36. The lowest BCUT2D eigenvalue weighted by atomic mass is 9.98. The summed E-state index contributed by atoms with van der Waals surface area (Å²) in [6.45, 7) is 4.01. The highest BCUT2D eigenvalue weighted by atomic mass is 16.5. The fourth-order valence-electron chi connectivity index (χ4n) is 3.94. The molecule has 3 rings (SSSR count). The molecule has 1 unspecified atom stereocenters. The Balaban J connectivity index is 1.46. The van der Waals surface area contributed by atoms with E-state index in [4.69, 9.17) is 9.84 Å². The largest absolute Gasteiger partial charge is 0.481 e. The van der Waals surface area contributed by atoms with Crippen molar-refractivity contribution in [3.63, 3.8) is 0 Å². The van der Waals surface area contributed by atoms with Crippen molar-refractivity contribution in [3.05, 3.63) is 59.7 Å². The Morgan fingerprint density at radius 1 is 0.968 bits per heavy atom. The SMILES string of the molecule is CC(CNC(=O)OCC1c2ccccc2-c2ccccc21)CC(=O)N[C@@H](C)CC(=O)O. The molecule has 1 aliphatic rings. The van der Waals surface area contributed by atoms with E-state index >= 15 is 0 Å².